The summed E-state index contributed by atoms with van der Waals surface area (Å²) < 4.78 is 0. The smallest absolute Gasteiger partial charge is 0.185 e. The van der Waals surface area contributed by atoms with Crippen LogP contribution < -0.4 is 0 Å². The van der Waals surface area contributed by atoms with Crippen LogP contribution in [0.4, 0.5) is 0 Å². The van der Waals surface area contributed by atoms with Crippen LogP contribution in [0.15, 0.2) is 71.8 Å². The van der Waals surface area contributed by atoms with Crippen molar-refractivity contribution in [3.05, 3.63) is 82.9 Å². The average Bonchev–Trinajstić information content (AvgIpc) is 3.33. The van der Waals surface area contributed by atoms with Crippen LogP contribution in [-0.4, -0.2) is 5.78 Å². The molecule has 0 aromatic heterocycles. The SMILES string of the molecule is O=C1/C(=C\c2ccccc2)[C@@H]2[C@@H]3CC[C@@H](C3)[C@@H]2/C1=C\c1ccccc1. The van der Waals surface area contributed by atoms with Gasteiger partial charge in [0.1, 0.15) is 0 Å². The van der Waals surface area contributed by atoms with Crippen molar-refractivity contribution in [3.63, 3.8) is 0 Å². The molecule has 1 heteroatoms. The van der Waals surface area contributed by atoms with Crippen LogP contribution in [0.25, 0.3) is 12.2 Å². The Hall–Kier alpha value is -2.41. The van der Waals surface area contributed by atoms with Crippen molar-refractivity contribution in [2.24, 2.45) is 23.7 Å². The Morgan fingerprint density at radius 3 is 1.56 bits per heavy atom. The minimum atomic E-state index is 0.291. The minimum Gasteiger partial charge on any atom is -0.289 e. The molecule has 25 heavy (non-hydrogen) atoms. The van der Waals surface area contributed by atoms with Gasteiger partial charge >= 0.3 is 0 Å². The Bertz CT molecular complexity index is 788. The highest BCUT2D eigenvalue weighted by Crippen LogP contribution is 2.61. The van der Waals surface area contributed by atoms with Gasteiger partial charge in [-0.25, -0.2) is 0 Å². The van der Waals surface area contributed by atoms with Gasteiger partial charge in [0.05, 0.1) is 0 Å². The number of Topliss-reactive ketones (excluding diaryl/α,β-unsaturated/α-hetero) is 1. The second-order valence-electron chi connectivity index (χ2n) is 7.73. The monoisotopic (exact) mass is 326 g/mol. The first-order valence-corrected chi connectivity index (χ1v) is 9.39. The van der Waals surface area contributed by atoms with Crippen molar-refractivity contribution in [2.45, 2.75) is 19.3 Å². The summed E-state index contributed by atoms with van der Waals surface area (Å²) in [5.41, 5.74) is 4.41. The number of fused-ring (bicyclic) bond motifs is 5. The fourth-order valence-electron chi connectivity index (χ4n) is 5.44. The molecule has 124 valence electrons. The highest BCUT2D eigenvalue weighted by molar-refractivity contribution is 6.17. The second-order valence-corrected chi connectivity index (χ2v) is 7.73. The molecule has 0 unspecified atom stereocenters. The molecule has 0 radical (unpaired) electrons. The average molecular weight is 326 g/mol. The number of carbonyl (C=O) groups excluding carboxylic acids is 1. The Morgan fingerprint density at radius 1 is 0.680 bits per heavy atom. The molecule has 0 spiro atoms. The van der Waals surface area contributed by atoms with E-state index in [1.165, 1.54) is 19.3 Å². The number of ketones is 1. The van der Waals surface area contributed by atoms with Gasteiger partial charge in [-0.2, -0.15) is 0 Å². The maximum absolute atomic E-state index is 13.3. The van der Waals surface area contributed by atoms with E-state index in [9.17, 15) is 4.79 Å². The van der Waals surface area contributed by atoms with Crippen molar-refractivity contribution >= 4 is 17.9 Å². The number of hydrogen-bond acceptors (Lipinski definition) is 1. The summed E-state index contributed by atoms with van der Waals surface area (Å²) in [7, 11) is 0. The van der Waals surface area contributed by atoms with Crippen LogP contribution in [0.3, 0.4) is 0 Å². The number of hydrogen-bond donors (Lipinski definition) is 0. The number of benzene rings is 2. The van der Waals surface area contributed by atoms with Crippen LogP contribution in [0.5, 0.6) is 0 Å². The summed E-state index contributed by atoms with van der Waals surface area (Å²) in [5.74, 6) is 2.59. The van der Waals surface area contributed by atoms with E-state index in [2.05, 4.69) is 36.4 Å². The highest BCUT2D eigenvalue weighted by Gasteiger charge is 2.56. The maximum atomic E-state index is 13.3. The molecule has 3 fully saturated rings. The number of allylic oxidation sites excluding steroid dienone is 2. The van der Waals surface area contributed by atoms with Crippen molar-refractivity contribution in [1.82, 2.24) is 0 Å². The fraction of sp³-hybridized carbons (Fsp3) is 0.292. The van der Waals surface area contributed by atoms with Gasteiger partial charge < -0.3 is 0 Å². The van der Waals surface area contributed by atoms with E-state index >= 15 is 0 Å². The van der Waals surface area contributed by atoms with Crippen molar-refractivity contribution in [3.8, 4) is 0 Å². The Balaban J connectivity index is 1.61. The minimum absolute atomic E-state index is 0.291. The second kappa shape index (κ2) is 5.84. The lowest BCUT2D eigenvalue weighted by atomic mass is 9.78. The zero-order chi connectivity index (χ0) is 16.8. The summed E-state index contributed by atoms with van der Waals surface area (Å²) in [5, 5.41) is 0. The van der Waals surface area contributed by atoms with Crippen molar-refractivity contribution in [2.75, 3.05) is 0 Å². The van der Waals surface area contributed by atoms with E-state index in [0.29, 0.717) is 29.5 Å². The molecule has 5 rings (SSSR count). The van der Waals surface area contributed by atoms with Crippen LogP contribution in [0, 0.1) is 23.7 Å². The molecule has 3 aliphatic rings. The molecule has 4 atom stereocenters. The molecular formula is C24H22O. The zero-order valence-electron chi connectivity index (χ0n) is 14.3. The Kier molecular flexibility index (Phi) is 3.48. The molecule has 0 heterocycles. The summed E-state index contributed by atoms with van der Waals surface area (Å²) in [6, 6.07) is 20.6. The first-order valence-electron chi connectivity index (χ1n) is 9.39. The quantitative estimate of drug-likeness (QED) is 0.675. The molecule has 0 N–H and O–H groups in total. The van der Waals surface area contributed by atoms with Gasteiger partial charge in [-0.1, -0.05) is 60.7 Å². The van der Waals surface area contributed by atoms with Gasteiger partial charge in [-0.15, -0.1) is 0 Å². The van der Waals surface area contributed by atoms with Crippen LogP contribution in [0.2, 0.25) is 0 Å². The van der Waals surface area contributed by atoms with Gasteiger partial charge in [0.25, 0.3) is 0 Å². The molecular weight excluding hydrogens is 304 g/mol. The molecule has 1 nitrogen and oxygen atoms in total. The molecule has 3 saturated carbocycles. The Labute approximate surface area is 149 Å². The van der Waals surface area contributed by atoms with E-state index < -0.39 is 0 Å². The maximum Gasteiger partial charge on any atom is 0.185 e. The van der Waals surface area contributed by atoms with Gasteiger partial charge in [0.15, 0.2) is 5.78 Å². The highest BCUT2D eigenvalue weighted by atomic mass is 16.1. The van der Waals surface area contributed by atoms with E-state index in [-0.39, 0.29) is 0 Å². The third-order valence-electron chi connectivity index (χ3n) is 6.40. The molecule has 3 aliphatic carbocycles. The lowest BCUT2D eigenvalue weighted by Crippen LogP contribution is -2.18. The third kappa shape index (κ3) is 2.41. The van der Waals surface area contributed by atoms with Crippen molar-refractivity contribution < 1.29 is 4.79 Å². The normalized spacial score (nSPS) is 33.4. The van der Waals surface area contributed by atoms with Gasteiger partial charge in [-0.3, -0.25) is 4.79 Å². The lowest BCUT2D eigenvalue weighted by Gasteiger charge is -2.25. The topological polar surface area (TPSA) is 17.1 Å². The standard InChI is InChI=1S/C24H22O/c25-24-20(13-16-7-3-1-4-8-16)22-18-11-12-19(15-18)23(22)21(24)14-17-9-5-2-6-10-17/h1-10,13-14,18-19,22-23H,11-12,15H2/b20-13-,21-14+/t18-,19+,22+,23-/m1/s1. The molecule has 2 aromatic carbocycles. The zero-order valence-corrected chi connectivity index (χ0v) is 14.3. The summed E-state index contributed by atoms with van der Waals surface area (Å²) >= 11 is 0. The predicted molar refractivity (Wildman–Crippen MR) is 102 cm³/mol. The van der Waals surface area contributed by atoms with Gasteiger partial charge in [0, 0.05) is 11.1 Å². The van der Waals surface area contributed by atoms with E-state index in [1.807, 2.05) is 36.4 Å². The lowest BCUT2D eigenvalue weighted by molar-refractivity contribution is -0.111. The first kappa shape index (κ1) is 14.9. The number of rotatable bonds is 2. The summed E-state index contributed by atoms with van der Waals surface area (Å²) in [6.07, 6.45) is 8.22. The van der Waals surface area contributed by atoms with Crippen LogP contribution in [0.1, 0.15) is 30.4 Å². The number of carbonyl (C=O) groups is 1. The molecule has 0 amide bonds. The Morgan fingerprint density at radius 2 is 1.12 bits per heavy atom. The molecule has 2 bridgehead atoms. The summed E-state index contributed by atoms with van der Waals surface area (Å²) in [4.78, 5) is 13.3. The van der Waals surface area contributed by atoms with Gasteiger partial charge in [0.2, 0.25) is 0 Å². The van der Waals surface area contributed by atoms with Crippen LogP contribution in [-0.2, 0) is 4.79 Å². The van der Waals surface area contributed by atoms with Crippen LogP contribution >= 0.6 is 0 Å². The van der Waals surface area contributed by atoms with Gasteiger partial charge in [-0.05, 0) is 66.2 Å². The van der Waals surface area contributed by atoms with E-state index in [4.69, 9.17) is 0 Å². The molecule has 0 aliphatic heterocycles. The third-order valence-corrected chi connectivity index (χ3v) is 6.40. The fourth-order valence-corrected chi connectivity index (χ4v) is 5.44. The van der Waals surface area contributed by atoms with E-state index in [1.54, 1.807) is 0 Å². The molecule has 0 saturated heterocycles. The first-order chi connectivity index (χ1) is 12.3. The van der Waals surface area contributed by atoms with Crippen molar-refractivity contribution in [1.29, 1.82) is 0 Å². The molecule has 2 aromatic rings. The largest absolute Gasteiger partial charge is 0.289 e. The summed E-state index contributed by atoms with van der Waals surface area (Å²) in [6.45, 7) is 0. The predicted octanol–water partition coefficient (Wildman–Crippen LogP) is 5.40. The van der Waals surface area contributed by atoms with E-state index in [0.717, 1.165) is 22.3 Å².